The molecule has 0 unspecified atom stereocenters. The van der Waals surface area contributed by atoms with Crippen molar-refractivity contribution >= 4 is 21.4 Å². The molecule has 2 N–H and O–H groups in total. The van der Waals surface area contributed by atoms with Gasteiger partial charge < -0.3 is 10.4 Å². The Labute approximate surface area is 182 Å². The Morgan fingerprint density at radius 2 is 1.94 bits per heavy atom. The van der Waals surface area contributed by atoms with Crippen molar-refractivity contribution in [2.45, 2.75) is 51.2 Å². The second-order valence-electron chi connectivity index (χ2n) is 9.04. The first-order valence-electron chi connectivity index (χ1n) is 10.6. The molecule has 1 aliphatic carbocycles. The molecular weight excluding hydrogens is 414 g/mol. The first-order valence-corrected chi connectivity index (χ1v) is 12.6. The van der Waals surface area contributed by atoms with E-state index in [1.165, 1.54) is 6.26 Å². The third-order valence-corrected chi connectivity index (χ3v) is 6.91. The van der Waals surface area contributed by atoms with E-state index in [2.05, 4.69) is 20.3 Å². The number of aromatic nitrogens is 4. The Balaban J connectivity index is 1.51. The molecule has 1 aliphatic rings. The number of nitrogens with one attached hydrogen (secondary N) is 1. The van der Waals surface area contributed by atoms with E-state index in [1.54, 1.807) is 26.2 Å². The second-order valence-corrected chi connectivity index (χ2v) is 11.2. The maximum atomic E-state index is 11.5. The minimum Gasteiger partial charge on any atom is -0.386 e. The molecule has 3 heterocycles. The summed E-state index contributed by atoms with van der Waals surface area (Å²) in [5.41, 5.74) is 2.01. The normalized spacial score (nSPS) is 20.1. The molecule has 3 aromatic heterocycles. The van der Waals surface area contributed by atoms with Gasteiger partial charge in [-0.3, -0.25) is 4.40 Å². The molecule has 3 aromatic rings. The molecule has 1 saturated carbocycles. The molecule has 0 amide bonds. The molecule has 0 aromatic carbocycles. The molecule has 0 aliphatic heterocycles. The summed E-state index contributed by atoms with van der Waals surface area (Å²) in [6.07, 6.45) is 10.3. The Kier molecular flexibility index (Phi) is 5.74. The predicted octanol–water partition coefficient (Wildman–Crippen LogP) is 3.03. The summed E-state index contributed by atoms with van der Waals surface area (Å²) in [7, 11) is -2.93. The first-order chi connectivity index (χ1) is 14.6. The lowest BCUT2D eigenvalue weighted by Gasteiger charge is -2.28. The van der Waals surface area contributed by atoms with Gasteiger partial charge in [0.1, 0.15) is 15.5 Å². The number of imidazole rings is 1. The van der Waals surface area contributed by atoms with Gasteiger partial charge in [0.05, 0.1) is 28.9 Å². The maximum Gasteiger partial charge on any atom is 0.223 e. The number of rotatable bonds is 6. The molecular formula is C22H29N5O3S. The summed E-state index contributed by atoms with van der Waals surface area (Å²) < 4.78 is 25.0. The molecule has 0 saturated heterocycles. The summed E-state index contributed by atoms with van der Waals surface area (Å²) >= 11 is 0. The zero-order chi connectivity index (χ0) is 22.2. The standard InChI is InChI=1S/C22H29N5O3S/c1-22(2,28)17-5-4-12-27-19(13-24-20(17)27)18-10-11-23-21(26-18)25-16-8-6-15(7-9-16)14-31(3,29)30/h4-5,10-13,15-16,28H,6-9,14H2,1-3H3,(H,23,25,26). The van der Waals surface area contributed by atoms with Crippen LogP contribution < -0.4 is 5.32 Å². The molecule has 0 radical (unpaired) electrons. The lowest BCUT2D eigenvalue weighted by Crippen LogP contribution is -2.29. The average molecular weight is 444 g/mol. The molecule has 4 rings (SSSR count). The van der Waals surface area contributed by atoms with E-state index in [0.29, 0.717) is 11.6 Å². The maximum absolute atomic E-state index is 11.5. The molecule has 8 nitrogen and oxygen atoms in total. The summed E-state index contributed by atoms with van der Waals surface area (Å²) in [6.45, 7) is 3.49. The predicted molar refractivity (Wildman–Crippen MR) is 121 cm³/mol. The molecule has 166 valence electrons. The molecule has 0 bridgehead atoms. The monoisotopic (exact) mass is 443 g/mol. The van der Waals surface area contributed by atoms with Crippen LogP contribution in [0.5, 0.6) is 0 Å². The van der Waals surface area contributed by atoms with Crippen LogP contribution >= 0.6 is 0 Å². The summed E-state index contributed by atoms with van der Waals surface area (Å²) in [6, 6.07) is 5.84. The van der Waals surface area contributed by atoms with Crippen molar-refractivity contribution < 1.29 is 13.5 Å². The van der Waals surface area contributed by atoms with E-state index in [-0.39, 0.29) is 17.7 Å². The highest BCUT2D eigenvalue weighted by molar-refractivity contribution is 7.90. The second kappa shape index (κ2) is 8.20. The van der Waals surface area contributed by atoms with Crippen molar-refractivity contribution in [3.05, 3.63) is 42.4 Å². The van der Waals surface area contributed by atoms with Crippen LogP contribution in [0.4, 0.5) is 5.95 Å². The third-order valence-electron chi connectivity index (χ3n) is 5.83. The van der Waals surface area contributed by atoms with Crippen LogP contribution in [0, 0.1) is 5.92 Å². The summed E-state index contributed by atoms with van der Waals surface area (Å²) in [5, 5.41) is 13.9. The zero-order valence-corrected chi connectivity index (χ0v) is 18.9. The minimum atomic E-state index is -2.93. The number of sulfone groups is 1. The molecule has 9 heteroatoms. The highest BCUT2D eigenvalue weighted by Gasteiger charge is 2.25. The first kappa shape index (κ1) is 21.7. The van der Waals surface area contributed by atoms with E-state index >= 15 is 0 Å². The van der Waals surface area contributed by atoms with E-state index < -0.39 is 15.4 Å². The number of pyridine rings is 1. The van der Waals surface area contributed by atoms with Crippen LogP contribution in [0.15, 0.2) is 36.8 Å². The fourth-order valence-electron chi connectivity index (χ4n) is 4.33. The lowest BCUT2D eigenvalue weighted by atomic mass is 9.87. The van der Waals surface area contributed by atoms with Gasteiger partial charge in [-0.05, 0) is 57.6 Å². The SMILES string of the molecule is CC(C)(O)c1cccn2c(-c3ccnc(NC4CCC(CS(C)(=O)=O)CC4)n3)cnc12. The van der Waals surface area contributed by atoms with Gasteiger partial charge in [-0.15, -0.1) is 0 Å². The third kappa shape index (κ3) is 5.04. The van der Waals surface area contributed by atoms with Crippen molar-refractivity contribution in [2.75, 3.05) is 17.3 Å². The largest absolute Gasteiger partial charge is 0.386 e. The highest BCUT2D eigenvalue weighted by atomic mass is 32.2. The van der Waals surface area contributed by atoms with E-state index in [9.17, 15) is 13.5 Å². The molecule has 31 heavy (non-hydrogen) atoms. The van der Waals surface area contributed by atoms with Gasteiger partial charge in [0.25, 0.3) is 0 Å². The van der Waals surface area contributed by atoms with Crippen molar-refractivity contribution in [1.29, 1.82) is 0 Å². The van der Waals surface area contributed by atoms with Crippen LogP contribution in [0.25, 0.3) is 17.0 Å². The fourth-order valence-corrected chi connectivity index (χ4v) is 5.52. The van der Waals surface area contributed by atoms with E-state index in [1.807, 2.05) is 28.8 Å². The van der Waals surface area contributed by atoms with Crippen molar-refractivity contribution in [3.63, 3.8) is 0 Å². The number of fused-ring (bicyclic) bond motifs is 1. The quantitative estimate of drug-likeness (QED) is 0.602. The van der Waals surface area contributed by atoms with Gasteiger partial charge in [-0.25, -0.2) is 23.4 Å². The molecule has 0 atom stereocenters. The van der Waals surface area contributed by atoms with Gasteiger partial charge >= 0.3 is 0 Å². The van der Waals surface area contributed by atoms with Gasteiger partial charge in [0, 0.05) is 30.3 Å². The van der Waals surface area contributed by atoms with Crippen molar-refractivity contribution in [3.8, 4) is 11.4 Å². The van der Waals surface area contributed by atoms with Gasteiger partial charge in [0.2, 0.25) is 5.95 Å². The van der Waals surface area contributed by atoms with Gasteiger partial charge in [0.15, 0.2) is 0 Å². The fraction of sp³-hybridized carbons (Fsp3) is 0.500. The number of aliphatic hydroxyl groups is 1. The van der Waals surface area contributed by atoms with Crippen molar-refractivity contribution in [1.82, 2.24) is 19.4 Å². The lowest BCUT2D eigenvalue weighted by molar-refractivity contribution is 0.0796. The van der Waals surface area contributed by atoms with Crippen LogP contribution in [0.2, 0.25) is 0 Å². The zero-order valence-electron chi connectivity index (χ0n) is 18.1. The van der Waals surface area contributed by atoms with Crippen LogP contribution in [-0.4, -0.2) is 50.9 Å². The average Bonchev–Trinajstić information content (AvgIpc) is 3.12. The minimum absolute atomic E-state index is 0.232. The molecule has 1 fully saturated rings. The highest BCUT2D eigenvalue weighted by Crippen LogP contribution is 2.29. The Morgan fingerprint density at radius 3 is 2.61 bits per heavy atom. The van der Waals surface area contributed by atoms with Crippen LogP contribution in [0.1, 0.15) is 45.1 Å². The van der Waals surface area contributed by atoms with E-state index in [0.717, 1.165) is 42.6 Å². The number of hydrogen-bond acceptors (Lipinski definition) is 7. The van der Waals surface area contributed by atoms with Gasteiger partial charge in [-0.2, -0.15) is 0 Å². The summed E-state index contributed by atoms with van der Waals surface area (Å²) in [4.78, 5) is 13.6. The Bertz CT molecular complexity index is 1180. The number of anilines is 1. The number of nitrogens with zero attached hydrogens (tertiary/aromatic N) is 4. The van der Waals surface area contributed by atoms with Crippen molar-refractivity contribution in [2.24, 2.45) is 5.92 Å². The Hall–Kier alpha value is -2.52. The smallest absolute Gasteiger partial charge is 0.223 e. The molecule has 0 spiro atoms. The van der Waals surface area contributed by atoms with Crippen LogP contribution in [-0.2, 0) is 15.4 Å². The van der Waals surface area contributed by atoms with Crippen LogP contribution in [0.3, 0.4) is 0 Å². The Morgan fingerprint density at radius 1 is 1.19 bits per heavy atom. The topological polar surface area (TPSA) is 109 Å². The van der Waals surface area contributed by atoms with E-state index in [4.69, 9.17) is 0 Å². The summed E-state index contributed by atoms with van der Waals surface area (Å²) in [5.74, 6) is 1.06. The number of hydrogen-bond donors (Lipinski definition) is 2. The van der Waals surface area contributed by atoms with Gasteiger partial charge in [-0.1, -0.05) is 6.07 Å².